The average molecular weight is 199 g/mol. The van der Waals surface area contributed by atoms with Crippen LogP contribution in [0.2, 0.25) is 0 Å². The minimum Gasteiger partial charge on any atom is -0.375 e. The fraction of sp³-hybridized carbons (Fsp3) is 0.286. The van der Waals surface area contributed by atoms with Gasteiger partial charge in [-0.05, 0) is 36.2 Å². The molecule has 1 nitrogen and oxygen atoms in total. The lowest BCUT2D eigenvalue weighted by atomic mass is 10.0. The number of hydrogen-bond donors (Lipinski definition) is 0. The second-order valence-electron chi connectivity index (χ2n) is 3.95. The van der Waals surface area contributed by atoms with Gasteiger partial charge in [-0.2, -0.15) is 0 Å². The predicted octanol–water partition coefficient (Wildman–Crippen LogP) is 3.60. The summed E-state index contributed by atoms with van der Waals surface area (Å²) in [5.41, 5.74) is 2.70. The van der Waals surface area contributed by atoms with E-state index in [0.717, 1.165) is 6.54 Å². The van der Waals surface area contributed by atoms with Crippen molar-refractivity contribution < 1.29 is 0 Å². The normalized spacial score (nSPS) is 10.6. The van der Waals surface area contributed by atoms with Crippen LogP contribution in [0.5, 0.6) is 0 Å². The molecule has 0 radical (unpaired) electrons. The summed E-state index contributed by atoms with van der Waals surface area (Å²) in [6, 6.07) is 13.0. The lowest BCUT2D eigenvalue weighted by Gasteiger charge is -2.20. The van der Waals surface area contributed by atoms with Gasteiger partial charge >= 0.3 is 0 Å². The Balaban J connectivity index is 2.65. The third kappa shape index (κ3) is 1.70. The van der Waals surface area contributed by atoms with Gasteiger partial charge in [-0.3, -0.25) is 0 Å². The fourth-order valence-corrected chi connectivity index (χ4v) is 2.00. The number of anilines is 1. The van der Waals surface area contributed by atoms with E-state index in [1.807, 2.05) is 0 Å². The van der Waals surface area contributed by atoms with Gasteiger partial charge in [0.05, 0.1) is 0 Å². The molecule has 1 heteroatoms. The first kappa shape index (κ1) is 10.0. The lowest BCUT2D eigenvalue weighted by molar-refractivity contribution is 0.963. The SMILES string of the molecule is CCN(C)c1ccc2ccccc2c1C. The third-order valence-electron chi connectivity index (χ3n) is 3.06. The maximum Gasteiger partial charge on any atom is 0.0399 e. The van der Waals surface area contributed by atoms with Crippen molar-refractivity contribution in [2.75, 3.05) is 18.5 Å². The van der Waals surface area contributed by atoms with Crippen LogP contribution in [0, 0.1) is 6.92 Å². The highest BCUT2D eigenvalue weighted by molar-refractivity contribution is 5.89. The zero-order valence-corrected chi connectivity index (χ0v) is 9.62. The average Bonchev–Trinajstić information content (AvgIpc) is 2.29. The molecule has 0 saturated heterocycles. The molecular weight excluding hydrogens is 182 g/mol. The minimum absolute atomic E-state index is 1.04. The van der Waals surface area contributed by atoms with Crippen molar-refractivity contribution >= 4 is 16.5 Å². The monoisotopic (exact) mass is 199 g/mol. The van der Waals surface area contributed by atoms with Gasteiger partial charge in [0, 0.05) is 19.3 Å². The van der Waals surface area contributed by atoms with E-state index >= 15 is 0 Å². The van der Waals surface area contributed by atoms with Crippen molar-refractivity contribution in [1.82, 2.24) is 0 Å². The highest BCUT2D eigenvalue weighted by Gasteiger charge is 2.05. The van der Waals surface area contributed by atoms with Crippen molar-refractivity contribution in [2.24, 2.45) is 0 Å². The summed E-state index contributed by atoms with van der Waals surface area (Å²) in [5.74, 6) is 0. The van der Waals surface area contributed by atoms with E-state index in [9.17, 15) is 0 Å². The summed E-state index contributed by atoms with van der Waals surface area (Å²) in [4.78, 5) is 2.28. The molecule has 0 amide bonds. The number of hydrogen-bond acceptors (Lipinski definition) is 1. The molecule has 0 aliphatic carbocycles. The van der Waals surface area contributed by atoms with Crippen LogP contribution in [0.1, 0.15) is 12.5 Å². The van der Waals surface area contributed by atoms with Gasteiger partial charge in [0.15, 0.2) is 0 Å². The molecule has 0 bridgehead atoms. The van der Waals surface area contributed by atoms with E-state index in [4.69, 9.17) is 0 Å². The Morgan fingerprint density at radius 2 is 1.80 bits per heavy atom. The number of fused-ring (bicyclic) bond motifs is 1. The van der Waals surface area contributed by atoms with Crippen LogP contribution in [0.3, 0.4) is 0 Å². The van der Waals surface area contributed by atoms with Crippen molar-refractivity contribution in [3.8, 4) is 0 Å². The van der Waals surface area contributed by atoms with Crippen molar-refractivity contribution in [2.45, 2.75) is 13.8 Å². The quantitative estimate of drug-likeness (QED) is 0.714. The molecule has 2 aromatic rings. The molecule has 0 atom stereocenters. The molecule has 0 aliphatic heterocycles. The Bertz CT molecular complexity index is 474. The zero-order chi connectivity index (χ0) is 10.8. The van der Waals surface area contributed by atoms with Crippen LogP contribution < -0.4 is 4.90 Å². The fourth-order valence-electron chi connectivity index (χ4n) is 2.00. The minimum atomic E-state index is 1.04. The molecule has 78 valence electrons. The Morgan fingerprint density at radius 1 is 1.07 bits per heavy atom. The smallest absolute Gasteiger partial charge is 0.0399 e. The number of rotatable bonds is 2. The number of benzene rings is 2. The molecular formula is C14H17N. The summed E-state index contributed by atoms with van der Waals surface area (Å²) in [6.45, 7) is 5.41. The summed E-state index contributed by atoms with van der Waals surface area (Å²) in [7, 11) is 2.14. The summed E-state index contributed by atoms with van der Waals surface area (Å²) in [6.07, 6.45) is 0. The third-order valence-corrected chi connectivity index (χ3v) is 3.06. The van der Waals surface area contributed by atoms with E-state index in [1.165, 1.54) is 22.0 Å². The van der Waals surface area contributed by atoms with E-state index in [2.05, 4.69) is 62.2 Å². The largest absolute Gasteiger partial charge is 0.375 e. The van der Waals surface area contributed by atoms with Crippen molar-refractivity contribution in [3.63, 3.8) is 0 Å². The van der Waals surface area contributed by atoms with Crippen LogP contribution in [0.15, 0.2) is 36.4 Å². The molecule has 0 aliphatic rings. The van der Waals surface area contributed by atoms with Gasteiger partial charge < -0.3 is 4.90 Å². The van der Waals surface area contributed by atoms with Crippen molar-refractivity contribution in [3.05, 3.63) is 42.0 Å². The first-order chi connectivity index (χ1) is 7.24. The molecule has 0 saturated carbocycles. The zero-order valence-electron chi connectivity index (χ0n) is 9.62. The Kier molecular flexibility index (Phi) is 2.63. The molecule has 0 heterocycles. The first-order valence-electron chi connectivity index (χ1n) is 5.43. The Morgan fingerprint density at radius 3 is 2.53 bits per heavy atom. The van der Waals surface area contributed by atoms with Crippen molar-refractivity contribution in [1.29, 1.82) is 0 Å². The molecule has 0 unspecified atom stereocenters. The summed E-state index contributed by atoms with van der Waals surface area (Å²) < 4.78 is 0. The molecule has 2 rings (SSSR count). The standard InChI is InChI=1S/C14H17N/c1-4-15(3)14-10-9-12-7-5-6-8-13(12)11(14)2/h5-10H,4H2,1-3H3. The maximum absolute atomic E-state index is 2.28. The van der Waals surface area contributed by atoms with Gasteiger partial charge in [0.25, 0.3) is 0 Å². The van der Waals surface area contributed by atoms with Gasteiger partial charge in [-0.25, -0.2) is 0 Å². The number of nitrogens with zero attached hydrogens (tertiary/aromatic N) is 1. The molecule has 0 N–H and O–H groups in total. The molecule has 15 heavy (non-hydrogen) atoms. The predicted molar refractivity (Wildman–Crippen MR) is 67.6 cm³/mol. The van der Waals surface area contributed by atoms with Gasteiger partial charge in [0.1, 0.15) is 0 Å². The Hall–Kier alpha value is -1.50. The van der Waals surface area contributed by atoms with Crippen LogP contribution in [-0.2, 0) is 0 Å². The molecule has 2 aromatic carbocycles. The van der Waals surface area contributed by atoms with Gasteiger partial charge in [0.2, 0.25) is 0 Å². The van der Waals surface area contributed by atoms with E-state index in [1.54, 1.807) is 0 Å². The van der Waals surface area contributed by atoms with E-state index in [-0.39, 0.29) is 0 Å². The summed E-state index contributed by atoms with van der Waals surface area (Å²) >= 11 is 0. The topological polar surface area (TPSA) is 3.24 Å². The second-order valence-corrected chi connectivity index (χ2v) is 3.95. The second kappa shape index (κ2) is 3.93. The lowest BCUT2D eigenvalue weighted by Crippen LogP contribution is -2.16. The highest BCUT2D eigenvalue weighted by Crippen LogP contribution is 2.27. The summed E-state index contributed by atoms with van der Waals surface area (Å²) in [5, 5.41) is 2.68. The van der Waals surface area contributed by atoms with Gasteiger partial charge in [-0.1, -0.05) is 30.3 Å². The first-order valence-corrected chi connectivity index (χ1v) is 5.43. The van der Waals surface area contributed by atoms with E-state index in [0.29, 0.717) is 0 Å². The molecule has 0 fully saturated rings. The van der Waals surface area contributed by atoms with Crippen LogP contribution in [0.4, 0.5) is 5.69 Å². The molecule has 0 aromatic heterocycles. The van der Waals surface area contributed by atoms with Crippen LogP contribution >= 0.6 is 0 Å². The van der Waals surface area contributed by atoms with E-state index < -0.39 is 0 Å². The van der Waals surface area contributed by atoms with Crippen LogP contribution in [-0.4, -0.2) is 13.6 Å². The van der Waals surface area contributed by atoms with Crippen LogP contribution in [0.25, 0.3) is 10.8 Å². The van der Waals surface area contributed by atoms with Gasteiger partial charge in [-0.15, -0.1) is 0 Å². The highest BCUT2D eigenvalue weighted by atomic mass is 15.1. The Labute approximate surface area is 91.3 Å². The number of aryl methyl sites for hydroxylation is 1. The maximum atomic E-state index is 2.28. The molecule has 0 spiro atoms.